The quantitative estimate of drug-likeness (QED) is 0.807. The van der Waals surface area contributed by atoms with E-state index in [4.69, 9.17) is 9.84 Å². The van der Waals surface area contributed by atoms with Crippen LogP contribution in [0.25, 0.3) is 0 Å². The average molecular weight is 198 g/mol. The molecule has 0 aromatic heterocycles. The number of carboxylic acid groups (broad SMARTS) is 1. The number of hydrogen-bond donors (Lipinski definition) is 1. The molecule has 1 rings (SSSR count). The molecule has 0 fully saturated rings. The van der Waals surface area contributed by atoms with Gasteiger partial charge in [-0.05, 0) is 18.6 Å². The lowest BCUT2D eigenvalue weighted by Gasteiger charge is -2.06. The second-order valence-electron chi connectivity index (χ2n) is 2.77. The maximum Gasteiger partial charge on any atom is 0.338 e. The first kappa shape index (κ1) is 10.5. The molecule has 0 radical (unpaired) electrons. The van der Waals surface area contributed by atoms with Gasteiger partial charge in [0.1, 0.15) is 0 Å². The third-order valence-corrected chi connectivity index (χ3v) is 1.66. The van der Waals surface area contributed by atoms with Crippen LogP contribution >= 0.6 is 0 Å². The minimum absolute atomic E-state index is 0.00764. The van der Waals surface area contributed by atoms with Crippen LogP contribution in [0.4, 0.5) is 4.39 Å². The Morgan fingerprint density at radius 1 is 1.57 bits per heavy atom. The zero-order chi connectivity index (χ0) is 10.6. The van der Waals surface area contributed by atoms with Crippen LogP contribution in [-0.2, 0) is 0 Å². The Balaban J connectivity index is 2.95. The van der Waals surface area contributed by atoms with Crippen molar-refractivity contribution in [2.75, 3.05) is 6.61 Å². The summed E-state index contributed by atoms with van der Waals surface area (Å²) in [6.45, 7) is 2.26. The molecule has 0 saturated heterocycles. The topological polar surface area (TPSA) is 46.5 Å². The SMILES string of the molecule is CCCOc1cccc(C(=O)O)c1F. The predicted molar refractivity (Wildman–Crippen MR) is 49.1 cm³/mol. The molecule has 0 atom stereocenters. The maximum atomic E-state index is 13.3. The van der Waals surface area contributed by atoms with E-state index in [9.17, 15) is 9.18 Å². The first-order chi connectivity index (χ1) is 6.66. The zero-order valence-corrected chi connectivity index (χ0v) is 7.79. The Morgan fingerprint density at radius 3 is 2.86 bits per heavy atom. The van der Waals surface area contributed by atoms with Crippen molar-refractivity contribution in [1.29, 1.82) is 0 Å². The van der Waals surface area contributed by atoms with Gasteiger partial charge in [-0.3, -0.25) is 0 Å². The van der Waals surface area contributed by atoms with Crippen molar-refractivity contribution in [3.63, 3.8) is 0 Å². The fourth-order valence-corrected chi connectivity index (χ4v) is 0.999. The number of halogens is 1. The van der Waals surface area contributed by atoms with E-state index >= 15 is 0 Å². The number of aromatic carboxylic acids is 1. The van der Waals surface area contributed by atoms with Crippen molar-refractivity contribution < 1.29 is 19.0 Å². The van der Waals surface area contributed by atoms with Gasteiger partial charge in [0.2, 0.25) is 0 Å². The summed E-state index contributed by atoms with van der Waals surface area (Å²) in [5.41, 5.74) is -0.362. The molecular weight excluding hydrogens is 187 g/mol. The molecule has 1 aromatic carbocycles. The van der Waals surface area contributed by atoms with E-state index in [1.54, 1.807) is 0 Å². The number of carbonyl (C=O) groups is 1. The highest BCUT2D eigenvalue weighted by Gasteiger charge is 2.14. The highest BCUT2D eigenvalue weighted by molar-refractivity contribution is 5.88. The van der Waals surface area contributed by atoms with Crippen LogP contribution in [0.2, 0.25) is 0 Å². The normalized spacial score (nSPS) is 9.86. The zero-order valence-electron chi connectivity index (χ0n) is 7.79. The Hall–Kier alpha value is -1.58. The second kappa shape index (κ2) is 4.60. The minimum Gasteiger partial charge on any atom is -0.491 e. The van der Waals surface area contributed by atoms with E-state index in [1.165, 1.54) is 18.2 Å². The number of ether oxygens (including phenoxy) is 1. The van der Waals surface area contributed by atoms with Crippen LogP contribution in [0.5, 0.6) is 5.75 Å². The van der Waals surface area contributed by atoms with Gasteiger partial charge in [0.15, 0.2) is 11.6 Å². The van der Waals surface area contributed by atoms with Gasteiger partial charge in [-0.25, -0.2) is 9.18 Å². The smallest absolute Gasteiger partial charge is 0.338 e. The molecule has 3 nitrogen and oxygen atoms in total. The van der Waals surface area contributed by atoms with E-state index in [1.807, 2.05) is 6.92 Å². The van der Waals surface area contributed by atoms with Crippen molar-refractivity contribution in [3.05, 3.63) is 29.6 Å². The maximum absolute atomic E-state index is 13.3. The highest BCUT2D eigenvalue weighted by Crippen LogP contribution is 2.20. The second-order valence-corrected chi connectivity index (χ2v) is 2.77. The molecule has 1 N–H and O–H groups in total. The lowest BCUT2D eigenvalue weighted by molar-refractivity contribution is 0.0690. The van der Waals surface area contributed by atoms with Crippen LogP contribution in [-0.4, -0.2) is 17.7 Å². The van der Waals surface area contributed by atoms with Crippen molar-refractivity contribution in [1.82, 2.24) is 0 Å². The van der Waals surface area contributed by atoms with E-state index < -0.39 is 11.8 Å². The summed E-state index contributed by atoms with van der Waals surface area (Å²) in [6, 6.07) is 4.07. The summed E-state index contributed by atoms with van der Waals surface area (Å²) in [4.78, 5) is 10.6. The van der Waals surface area contributed by atoms with E-state index in [2.05, 4.69) is 0 Å². The van der Waals surface area contributed by atoms with E-state index in [-0.39, 0.29) is 11.3 Å². The van der Waals surface area contributed by atoms with Gasteiger partial charge in [0, 0.05) is 0 Å². The highest BCUT2D eigenvalue weighted by atomic mass is 19.1. The van der Waals surface area contributed by atoms with Crippen LogP contribution in [0.3, 0.4) is 0 Å². The number of hydrogen-bond acceptors (Lipinski definition) is 2. The summed E-state index contributed by atoms with van der Waals surface area (Å²) in [7, 11) is 0. The Kier molecular flexibility index (Phi) is 3.45. The average Bonchev–Trinajstić information content (AvgIpc) is 2.16. The first-order valence-electron chi connectivity index (χ1n) is 4.31. The van der Waals surface area contributed by atoms with Gasteiger partial charge in [-0.1, -0.05) is 13.0 Å². The molecule has 0 heterocycles. The lowest BCUT2D eigenvalue weighted by Crippen LogP contribution is -2.04. The third-order valence-electron chi connectivity index (χ3n) is 1.66. The van der Waals surface area contributed by atoms with Crippen LogP contribution in [0.1, 0.15) is 23.7 Å². The molecule has 1 aromatic rings. The summed E-state index contributed by atoms with van der Waals surface area (Å²) in [6.07, 6.45) is 0.747. The molecule has 76 valence electrons. The van der Waals surface area contributed by atoms with Crippen molar-refractivity contribution >= 4 is 5.97 Å². The molecule has 4 heteroatoms. The van der Waals surface area contributed by atoms with Crippen LogP contribution in [0.15, 0.2) is 18.2 Å². The molecule has 0 spiro atoms. The molecule has 0 amide bonds. The monoisotopic (exact) mass is 198 g/mol. The molecular formula is C10H11FO3. The summed E-state index contributed by atoms with van der Waals surface area (Å²) in [5.74, 6) is -2.11. The fraction of sp³-hybridized carbons (Fsp3) is 0.300. The Labute approximate surface area is 81.1 Å². The number of benzene rings is 1. The van der Waals surface area contributed by atoms with Gasteiger partial charge in [-0.2, -0.15) is 0 Å². The lowest BCUT2D eigenvalue weighted by atomic mass is 10.2. The molecule has 0 saturated carbocycles. The molecule has 0 unspecified atom stereocenters. The predicted octanol–water partition coefficient (Wildman–Crippen LogP) is 2.31. The van der Waals surface area contributed by atoms with Crippen LogP contribution < -0.4 is 4.74 Å². The van der Waals surface area contributed by atoms with E-state index in [0.717, 1.165) is 6.42 Å². The summed E-state index contributed by atoms with van der Waals surface area (Å²) < 4.78 is 18.4. The number of rotatable bonds is 4. The first-order valence-corrected chi connectivity index (χ1v) is 4.31. The Morgan fingerprint density at radius 2 is 2.29 bits per heavy atom. The molecule has 0 aliphatic rings. The molecule has 0 aliphatic heterocycles. The minimum atomic E-state index is -1.29. The van der Waals surface area contributed by atoms with Gasteiger partial charge in [0.25, 0.3) is 0 Å². The standard InChI is InChI=1S/C10H11FO3/c1-2-6-14-8-5-3-4-7(9(8)11)10(12)13/h3-5H,2,6H2,1H3,(H,12,13). The fourth-order valence-electron chi connectivity index (χ4n) is 0.999. The molecule has 0 bridgehead atoms. The summed E-state index contributed by atoms with van der Waals surface area (Å²) in [5, 5.41) is 8.62. The summed E-state index contributed by atoms with van der Waals surface area (Å²) >= 11 is 0. The van der Waals surface area contributed by atoms with Gasteiger partial charge >= 0.3 is 5.97 Å². The van der Waals surface area contributed by atoms with Crippen molar-refractivity contribution in [2.45, 2.75) is 13.3 Å². The Bertz CT molecular complexity index is 336. The van der Waals surface area contributed by atoms with Crippen molar-refractivity contribution in [2.24, 2.45) is 0 Å². The van der Waals surface area contributed by atoms with Crippen molar-refractivity contribution in [3.8, 4) is 5.75 Å². The molecule has 0 aliphatic carbocycles. The third kappa shape index (κ3) is 2.22. The van der Waals surface area contributed by atoms with Gasteiger partial charge in [0.05, 0.1) is 12.2 Å². The van der Waals surface area contributed by atoms with E-state index in [0.29, 0.717) is 6.61 Å². The van der Waals surface area contributed by atoms with Crippen LogP contribution in [0, 0.1) is 5.82 Å². The molecule has 14 heavy (non-hydrogen) atoms. The largest absolute Gasteiger partial charge is 0.491 e. The number of carboxylic acids is 1. The van der Waals surface area contributed by atoms with Gasteiger partial charge < -0.3 is 9.84 Å². The van der Waals surface area contributed by atoms with Gasteiger partial charge in [-0.15, -0.1) is 0 Å².